The average Bonchev–Trinajstić information content (AvgIpc) is 2.88. The number of nitrogens with one attached hydrogen (secondary N) is 1. The highest BCUT2D eigenvalue weighted by Gasteiger charge is 2.36. The summed E-state index contributed by atoms with van der Waals surface area (Å²) < 4.78 is 0. The van der Waals surface area contributed by atoms with Gasteiger partial charge in [0.05, 0.1) is 0 Å². The topological polar surface area (TPSA) is 32.3 Å². The lowest BCUT2D eigenvalue weighted by molar-refractivity contribution is -0.132. The van der Waals surface area contributed by atoms with Gasteiger partial charge < -0.3 is 10.2 Å². The summed E-state index contributed by atoms with van der Waals surface area (Å²) in [5.74, 6) is 1.16. The van der Waals surface area contributed by atoms with E-state index in [1.54, 1.807) is 11.8 Å². The van der Waals surface area contributed by atoms with Crippen molar-refractivity contribution in [3.63, 3.8) is 0 Å². The van der Waals surface area contributed by atoms with Gasteiger partial charge in [-0.1, -0.05) is 6.07 Å². The van der Waals surface area contributed by atoms with Crippen LogP contribution >= 0.6 is 24.2 Å². The third-order valence-corrected chi connectivity index (χ3v) is 6.45. The first-order chi connectivity index (χ1) is 11.0. The Hall–Kier alpha value is -0.710. The van der Waals surface area contributed by atoms with Crippen molar-refractivity contribution < 1.29 is 4.79 Å². The van der Waals surface area contributed by atoms with Crippen molar-refractivity contribution in [2.75, 3.05) is 12.8 Å². The third kappa shape index (κ3) is 4.68. The first kappa shape index (κ1) is 19.6. The van der Waals surface area contributed by atoms with Gasteiger partial charge in [0.25, 0.3) is 0 Å². The van der Waals surface area contributed by atoms with E-state index in [1.807, 2.05) is 11.9 Å². The van der Waals surface area contributed by atoms with Crippen molar-refractivity contribution in [2.24, 2.45) is 0 Å². The Bertz CT molecular complexity index is 568. The van der Waals surface area contributed by atoms with Crippen molar-refractivity contribution in [3.05, 3.63) is 29.3 Å². The van der Waals surface area contributed by atoms with Crippen LogP contribution in [0.25, 0.3) is 0 Å². The number of nitrogens with zero attached hydrogens (tertiary/aromatic N) is 1. The van der Waals surface area contributed by atoms with E-state index in [4.69, 9.17) is 0 Å². The van der Waals surface area contributed by atoms with Crippen molar-refractivity contribution in [1.82, 2.24) is 10.2 Å². The highest BCUT2D eigenvalue weighted by atomic mass is 35.5. The quantitative estimate of drug-likeness (QED) is 0.798. The Morgan fingerprint density at radius 3 is 2.50 bits per heavy atom. The van der Waals surface area contributed by atoms with Gasteiger partial charge in [-0.25, -0.2) is 0 Å². The van der Waals surface area contributed by atoms with Gasteiger partial charge in [0.15, 0.2) is 0 Å². The maximum absolute atomic E-state index is 12.5. The molecule has 1 N–H and O–H groups in total. The van der Waals surface area contributed by atoms with Crippen LogP contribution in [-0.2, 0) is 4.79 Å². The van der Waals surface area contributed by atoms with Gasteiger partial charge in [-0.2, -0.15) is 0 Å². The summed E-state index contributed by atoms with van der Waals surface area (Å²) in [5.41, 5.74) is 2.65. The van der Waals surface area contributed by atoms with Crippen LogP contribution in [0.5, 0.6) is 0 Å². The largest absolute Gasteiger partial charge is 0.343 e. The molecule has 2 atom stereocenters. The average molecular weight is 369 g/mol. The summed E-state index contributed by atoms with van der Waals surface area (Å²) >= 11 is 1.79. The van der Waals surface area contributed by atoms with Crippen LogP contribution in [0.2, 0.25) is 0 Å². The van der Waals surface area contributed by atoms with E-state index in [0.29, 0.717) is 30.5 Å². The minimum atomic E-state index is 0. The maximum Gasteiger partial charge on any atom is 0.223 e. The van der Waals surface area contributed by atoms with Gasteiger partial charge in [0.1, 0.15) is 0 Å². The Morgan fingerprint density at radius 1 is 1.21 bits per heavy atom. The zero-order valence-electron chi connectivity index (χ0n) is 14.9. The van der Waals surface area contributed by atoms with Crippen LogP contribution in [0, 0.1) is 13.8 Å². The molecule has 1 amide bonds. The van der Waals surface area contributed by atoms with E-state index < -0.39 is 0 Å². The van der Waals surface area contributed by atoms with Gasteiger partial charge in [0.2, 0.25) is 5.91 Å². The Balaban J connectivity index is 0.00000208. The Kier molecular flexibility index (Phi) is 7.02. The standard InChI is InChI=1S/C19H28N2OS.ClH/c1-13-4-7-18(10-14(13)2)23-9-8-19(22)21(3)17-11-15-5-6-16(12-17)20-15;/h4,7,10,15-17,20H,5-6,8-9,11-12H2,1-3H3;1H. The SMILES string of the molecule is Cc1ccc(SCCC(=O)N(C)C2CC3CCC(C2)N3)cc1C.Cl. The van der Waals surface area contributed by atoms with E-state index in [9.17, 15) is 4.79 Å². The maximum atomic E-state index is 12.5. The predicted molar refractivity (Wildman–Crippen MR) is 104 cm³/mol. The molecule has 0 saturated carbocycles. The van der Waals surface area contributed by atoms with Gasteiger partial charge in [-0.05, 0) is 62.8 Å². The monoisotopic (exact) mass is 368 g/mol. The number of thioether (sulfide) groups is 1. The van der Waals surface area contributed by atoms with E-state index in [2.05, 4.69) is 37.4 Å². The molecule has 24 heavy (non-hydrogen) atoms. The van der Waals surface area contributed by atoms with Crippen LogP contribution in [0.4, 0.5) is 0 Å². The molecule has 134 valence electrons. The second-order valence-electron chi connectivity index (χ2n) is 7.11. The number of fused-ring (bicyclic) bond motifs is 2. The fourth-order valence-electron chi connectivity index (χ4n) is 3.78. The molecule has 2 aliphatic rings. The summed E-state index contributed by atoms with van der Waals surface area (Å²) in [5, 5.41) is 3.65. The fourth-order valence-corrected chi connectivity index (χ4v) is 4.72. The predicted octanol–water partition coefficient (Wildman–Crippen LogP) is 3.95. The number of aryl methyl sites for hydroxylation is 2. The lowest BCUT2D eigenvalue weighted by atomic mass is 9.98. The summed E-state index contributed by atoms with van der Waals surface area (Å²) in [7, 11) is 2.00. The van der Waals surface area contributed by atoms with Gasteiger partial charge in [0, 0.05) is 42.2 Å². The smallest absolute Gasteiger partial charge is 0.223 e. The number of benzene rings is 1. The van der Waals surface area contributed by atoms with Crippen molar-refractivity contribution in [1.29, 1.82) is 0 Å². The van der Waals surface area contributed by atoms with Crippen LogP contribution in [0.3, 0.4) is 0 Å². The molecule has 3 nitrogen and oxygen atoms in total. The molecular weight excluding hydrogens is 340 g/mol. The fraction of sp³-hybridized carbons (Fsp3) is 0.632. The number of rotatable bonds is 5. The van der Waals surface area contributed by atoms with E-state index in [0.717, 1.165) is 18.6 Å². The zero-order chi connectivity index (χ0) is 16.4. The number of hydrogen-bond acceptors (Lipinski definition) is 3. The number of carbonyl (C=O) groups is 1. The van der Waals surface area contributed by atoms with Crippen LogP contribution < -0.4 is 5.32 Å². The van der Waals surface area contributed by atoms with E-state index >= 15 is 0 Å². The normalized spacial score (nSPS) is 25.2. The van der Waals surface area contributed by atoms with Crippen molar-refractivity contribution >= 4 is 30.1 Å². The van der Waals surface area contributed by atoms with Gasteiger partial charge >= 0.3 is 0 Å². The summed E-state index contributed by atoms with van der Waals surface area (Å²) in [6, 6.07) is 8.26. The zero-order valence-corrected chi connectivity index (χ0v) is 16.5. The molecule has 2 bridgehead atoms. The second kappa shape index (κ2) is 8.59. The molecule has 2 aliphatic heterocycles. The molecule has 2 heterocycles. The minimum absolute atomic E-state index is 0. The molecule has 2 saturated heterocycles. The highest BCUT2D eigenvalue weighted by Crippen LogP contribution is 2.29. The lowest BCUT2D eigenvalue weighted by Crippen LogP contribution is -2.48. The molecule has 2 fully saturated rings. The third-order valence-electron chi connectivity index (χ3n) is 5.45. The number of carbonyl (C=O) groups excluding carboxylic acids is 1. The summed E-state index contributed by atoms with van der Waals surface area (Å²) in [6.45, 7) is 4.28. The molecule has 3 rings (SSSR count). The van der Waals surface area contributed by atoms with E-state index in [1.165, 1.54) is 28.9 Å². The molecule has 0 spiro atoms. The van der Waals surface area contributed by atoms with E-state index in [-0.39, 0.29) is 12.4 Å². The molecule has 5 heteroatoms. The molecule has 1 aromatic carbocycles. The van der Waals surface area contributed by atoms with Crippen molar-refractivity contribution in [3.8, 4) is 0 Å². The first-order valence-corrected chi connectivity index (χ1v) is 9.73. The molecule has 2 unspecified atom stereocenters. The van der Waals surface area contributed by atoms with Crippen LogP contribution in [-0.4, -0.2) is 41.7 Å². The van der Waals surface area contributed by atoms with Crippen LogP contribution in [0.1, 0.15) is 43.2 Å². The molecule has 1 aromatic rings. The number of amides is 1. The van der Waals surface area contributed by atoms with Gasteiger partial charge in [-0.15, -0.1) is 24.2 Å². The lowest BCUT2D eigenvalue weighted by Gasteiger charge is -2.35. The minimum Gasteiger partial charge on any atom is -0.343 e. The number of piperidine rings is 1. The summed E-state index contributed by atoms with van der Waals surface area (Å²) in [6.07, 6.45) is 5.46. The number of hydrogen-bond donors (Lipinski definition) is 1. The number of halogens is 1. The summed E-state index contributed by atoms with van der Waals surface area (Å²) in [4.78, 5) is 15.8. The molecule has 0 aromatic heterocycles. The highest BCUT2D eigenvalue weighted by molar-refractivity contribution is 7.99. The van der Waals surface area contributed by atoms with Crippen molar-refractivity contribution in [2.45, 2.75) is 69.0 Å². The Morgan fingerprint density at radius 2 is 1.88 bits per heavy atom. The second-order valence-corrected chi connectivity index (χ2v) is 8.28. The molecular formula is C19H29ClN2OS. The molecule has 0 radical (unpaired) electrons. The first-order valence-electron chi connectivity index (χ1n) is 8.74. The van der Waals surface area contributed by atoms with Crippen LogP contribution in [0.15, 0.2) is 23.1 Å². The Labute approximate surface area is 156 Å². The van der Waals surface area contributed by atoms with Gasteiger partial charge in [-0.3, -0.25) is 4.79 Å². The molecule has 0 aliphatic carbocycles.